The fourth-order valence-corrected chi connectivity index (χ4v) is 2.95. The first-order valence-electron chi connectivity index (χ1n) is 9.13. The maximum Gasteiger partial charge on any atom is 0.324 e. The molecule has 1 aromatic heterocycles. The average Bonchev–Trinajstić information content (AvgIpc) is 3.13. The summed E-state index contributed by atoms with van der Waals surface area (Å²) in [7, 11) is 0. The minimum Gasteiger partial charge on any atom is -0.494 e. The van der Waals surface area contributed by atoms with E-state index in [4.69, 9.17) is 15.2 Å². The zero-order valence-corrected chi connectivity index (χ0v) is 15.7. The summed E-state index contributed by atoms with van der Waals surface area (Å²) in [4.78, 5) is 20.1. The van der Waals surface area contributed by atoms with E-state index < -0.39 is 0 Å². The van der Waals surface area contributed by atoms with E-state index in [2.05, 4.69) is 17.0 Å². The highest BCUT2D eigenvalue weighted by Crippen LogP contribution is 2.19. The van der Waals surface area contributed by atoms with Gasteiger partial charge in [0.1, 0.15) is 5.75 Å². The summed E-state index contributed by atoms with van der Waals surface area (Å²) >= 11 is 0. The SMILES string of the molecule is N#Cc1ccc(OCCCCCN2CCN(c3ccncc3)C2=O)cc1.NO. The van der Waals surface area contributed by atoms with Crippen molar-refractivity contribution in [2.24, 2.45) is 5.90 Å². The van der Waals surface area contributed by atoms with Gasteiger partial charge in [0.05, 0.1) is 18.2 Å². The summed E-state index contributed by atoms with van der Waals surface area (Å²) in [5.41, 5.74) is 1.54. The molecule has 0 unspecified atom stereocenters. The van der Waals surface area contributed by atoms with Gasteiger partial charge >= 0.3 is 6.03 Å². The minimum atomic E-state index is 0.0741. The van der Waals surface area contributed by atoms with Crippen molar-refractivity contribution in [1.82, 2.24) is 9.88 Å². The molecule has 1 fully saturated rings. The predicted molar refractivity (Wildman–Crippen MR) is 105 cm³/mol. The number of amides is 2. The largest absolute Gasteiger partial charge is 0.494 e. The standard InChI is InChI=1S/C20H22N4O2.H3NO/c21-16-17-4-6-19(7-5-17)26-15-3-1-2-12-23-13-14-24(20(23)25)18-8-10-22-11-9-18;1-2/h4-11H,1-3,12-15H2;2H,1H2. The third kappa shape index (κ3) is 5.94. The fourth-order valence-electron chi connectivity index (χ4n) is 2.95. The van der Waals surface area contributed by atoms with Crippen LogP contribution in [0.2, 0.25) is 0 Å². The van der Waals surface area contributed by atoms with Gasteiger partial charge in [0.2, 0.25) is 0 Å². The quantitative estimate of drug-likeness (QED) is 0.535. The number of carbonyl (C=O) groups is 1. The summed E-state index contributed by atoms with van der Waals surface area (Å²) in [6.45, 7) is 2.91. The van der Waals surface area contributed by atoms with Gasteiger partial charge in [-0.15, -0.1) is 0 Å². The zero-order chi connectivity index (χ0) is 20.2. The summed E-state index contributed by atoms with van der Waals surface area (Å²) in [5.74, 6) is 4.28. The van der Waals surface area contributed by atoms with Crippen LogP contribution in [0.3, 0.4) is 0 Å². The van der Waals surface area contributed by atoms with Crippen LogP contribution < -0.4 is 15.5 Å². The van der Waals surface area contributed by atoms with Crippen LogP contribution in [0.1, 0.15) is 24.8 Å². The van der Waals surface area contributed by atoms with Crippen LogP contribution in [0.4, 0.5) is 10.5 Å². The third-order valence-electron chi connectivity index (χ3n) is 4.39. The number of benzene rings is 1. The number of ether oxygens (including phenoxy) is 1. The second-order valence-electron chi connectivity index (χ2n) is 6.17. The van der Waals surface area contributed by atoms with Crippen molar-refractivity contribution in [1.29, 1.82) is 5.26 Å². The smallest absolute Gasteiger partial charge is 0.324 e. The highest BCUT2D eigenvalue weighted by molar-refractivity contribution is 5.93. The lowest BCUT2D eigenvalue weighted by atomic mass is 10.2. The van der Waals surface area contributed by atoms with Gasteiger partial charge < -0.3 is 14.8 Å². The Hall–Kier alpha value is -3.15. The first kappa shape index (κ1) is 21.2. The maximum absolute atomic E-state index is 12.4. The van der Waals surface area contributed by atoms with E-state index >= 15 is 0 Å². The normalized spacial score (nSPS) is 13.0. The van der Waals surface area contributed by atoms with Crippen LogP contribution in [0.15, 0.2) is 48.8 Å². The molecule has 148 valence electrons. The number of nitrogens with two attached hydrogens (primary N) is 1. The number of hydrogen-bond acceptors (Lipinski definition) is 6. The van der Waals surface area contributed by atoms with Crippen LogP contribution in [-0.4, -0.2) is 47.4 Å². The Labute approximate surface area is 164 Å². The highest BCUT2D eigenvalue weighted by atomic mass is 16.5. The van der Waals surface area contributed by atoms with Crippen molar-refractivity contribution in [2.75, 3.05) is 31.1 Å². The molecule has 0 radical (unpaired) electrons. The molecule has 0 bridgehead atoms. The number of rotatable bonds is 8. The lowest BCUT2D eigenvalue weighted by Gasteiger charge is -2.18. The molecule has 0 aliphatic carbocycles. The van der Waals surface area contributed by atoms with E-state index in [0.29, 0.717) is 12.2 Å². The lowest BCUT2D eigenvalue weighted by Crippen LogP contribution is -2.32. The Kier molecular flexibility index (Phi) is 8.72. The van der Waals surface area contributed by atoms with E-state index in [1.165, 1.54) is 0 Å². The van der Waals surface area contributed by atoms with E-state index in [0.717, 1.165) is 50.3 Å². The van der Waals surface area contributed by atoms with Gasteiger partial charge in [-0.05, 0) is 55.7 Å². The number of anilines is 1. The molecular weight excluding hydrogens is 358 g/mol. The number of pyridine rings is 1. The minimum absolute atomic E-state index is 0.0741. The molecule has 0 saturated carbocycles. The molecule has 2 aromatic rings. The molecule has 3 N–H and O–H groups in total. The molecule has 2 heterocycles. The Morgan fingerprint density at radius 1 is 1.07 bits per heavy atom. The van der Waals surface area contributed by atoms with Gasteiger partial charge in [0.25, 0.3) is 0 Å². The van der Waals surface area contributed by atoms with E-state index in [-0.39, 0.29) is 6.03 Å². The van der Waals surface area contributed by atoms with Crippen LogP contribution in [0, 0.1) is 11.3 Å². The second-order valence-corrected chi connectivity index (χ2v) is 6.17. The number of nitrogens with zero attached hydrogens (tertiary/aromatic N) is 4. The van der Waals surface area contributed by atoms with Crippen molar-refractivity contribution in [3.05, 3.63) is 54.4 Å². The zero-order valence-electron chi connectivity index (χ0n) is 15.7. The van der Waals surface area contributed by atoms with Crippen LogP contribution in [-0.2, 0) is 0 Å². The first-order valence-corrected chi connectivity index (χ1v) is 9.13. The summed E-state index contributed by atoms with van der Waals surface area (Å²) in [6.07, 6.45) is 6.33. The van der Waals surface area contributed by atoms with Crippen molar-refractivity contribution in [3.63, 3.8) is 0 Å². The molecule has 1 saturated heterocycles. The van der Waals surface area contributed by atoms with E-state index in [1.54, 1.807) is 29.4 Å². The number of nitriles is 1. The third-order valence-corrected chi connectivity index (χ3v) is 4.39. The number of aromatic nitrogens is 1. The number of unbranched alkanes of at least 4 members (excludes halogenated alkanes) is 2. The molecule has 8 heteroatoms. The van der Waals surface area contributed by atoms with Crippen molar-refractivity contribution < 1.29 is 14.7 Å². The molecule has 2 amide bonds. The summed E-state index contributed by atoms with van der Waals surface area (Å²) in [6, 6.07) is 13.0. The number of urea groups is 1. The van der Waals surface area contributed by atoms with Crippen LogP contribution in [0.5, 0.6) is 5.75 Å². The molecule has 0 spiro atoms. The van der Waals surface area contributed by atoms with Crippen molar-refractivity contribution in [3.8, 4) is 11.8 Å². The van der Waals surface area contributed by atoms with Gasteiger partial charge in [-0.25, -0.2) is 10.7 Å². The second kappa shape index (κ2) is 11.5. The summed E-state index contributed by atoms with van der Waals surface area (Å²) < 4.78 is 5.67. The Bertz CT molecular complexity index is 762. The van der Waals surface area contributed by atoms with Gasteiger partial charge in [-0.3, -0.25) is 9.88 Å². The highest BCUT2D eigenvalue weighted by Gasteiger charge is 2.28. The van der Waals surface area contributed by atoms with Gasteiger partial charge in [-0.2, -0.15) is 5.26 Å². The number of carbonyl (C=O) groups excluding carboxylic acids is 1. The topological polar surface area (TPSA) is 116 Å². The monoisotopic (exact) mass is 383 g/mol. The van der Waals surface area contributed by atoms with Crippen LogP contribution in [0.25, 0.3) is 0 Å². The van der Waals surface area contributed by atoms with Gasteiger partial charge in [-0.1, -0.05) is 0 Å². The molecule has 1 aromatic carbocycles. The van der Waals surface area contributed by atoms with E-state index in [1.807, 2.05) is 29.2 Å². The Morgan fingerprint density at radius 2 is 1.79 bits per heavy atom. The first-order chi connectivity index (χ1) is 13.8. The fraction of sp³-hybridized carbons (Fsp3) is 0.350. The molecule has 3 rings (SSSR count). The Balaban J connectivity index is 0.00000136. The van der Waals surface area contributed by atoms with Crippen LogP contribution >= 0.6 is 0 Å². The summed E-state index contributed by atoms with van der Waals surface area (Å²) in [5, 5.41) is 15.3. The van der Waals surface area contributed by atoms with Crippen molar-refractivity contribution >= 4 is 11.7 Å². The number of hydrogen-bond donors (Lipinski definition) is 2. The Morgan fingerprint density at radius 3 is 2.46 bits per heavy atom. The molecular formula is C20H25N5O3. The lowest BCUT2D eigenvalue weighted by molar-refractivity contribution is 0.219. The van der Waals surface area contributed by atoms with Crippen molar-refractivity contribution in [2.45, 2.75) is 19.3 Å². The van der Waals surface area contributed by atoms with Gasteiger partial charge in [0.15, 0.2) is 0 Å². The van der Waals surface area contributed by atoms with E-state index in [9.17, 15) is 4.79 Å². The molecule has 1 aliphatic heterocycles. The predicted octanol–water partition coefficient (Wildman–Crippen LogP) is 2.78. The molecule has 28 heavy (non-hydrogen) atoms. The average molecular weight is 383 g/mol. The molecule has 8 nitrogen and oxygen atoms in total. The van der Waals surface area contributed by atoms with Gasteiger partial charge in [0, 0.05) is 37.7 Å². The molecule has 1 aliphatic rings. The molecule has 0 atom stereocenters. The maximum atomic E-state index is 12.4.